The second-order valence-corrected chi connectivity index (χ2v) is 7.67. The van der Waals surface area contributed by atoms with Crippen molar-refractivity contribution < 1.29 is 9.53 Å². The minimum atomic E-state index is -0.644. The van der Waals surface area contributed by atoms with Crippen LogP contribution in [0.15, 0.2) is 91.1 Å². The maximum atomic E-state index is 13.2. The summed E-state index contributed by atoms with van der Waals surface area (Å²) in [6.07, 6.45) is 1.11. The molecule has 0 fully saturated rings. The minimum absolute atomic E-state index is 0.143. The molecule has 3 aromatic carbocycles. The quantitative estimate of drug-likeness (QED) is 0.515. The zero-order valence-corrected chi connectivity index (χ0v) is 17.2. The van der Waals surface area contributed by atoms with Gasteiger partial charge in [0.1, 0.15) is 11.6 Å². The molecule has 2 atom stereocenters. The molecule has 1 aromatic heterocycles. The van der Waals surface area contributed by atoms with Crippen LogP contribution in [0.1, 0.15) is 18.5 Å². The summed E-state index contributed by atoms with van der Waals surface area (Å²) >= 11 is 0. The molecule has 0 aliphatic carbocycles. The number of hydrogen-bond donors (Lipinski definition) is 1. The van der Waals surface area contributed by atoms with E-state index in [9.17, 15) is 4.79 Å². The predicted molar refractivity (Wildman–Crippen MR) is 123 cm³/mol. The number of pyridine rings is 1. The Bertz CT molecular complexity index is 1220. The summed E-state index contributed by atoms with van der Waals surface area (Å²) in [7, 11) is 0. The molecule has 154 valence electrons. The van der Waals surface area contributed by atoms with Crippen molar-refractivity contribution in [1.82, 2.24) is 10.3 Å². The number of aromatic nitrogens is 1. The van der Waals surface area contributed by atoms with Crippen molar-refractivity contribution in [1.29, 1.82) is 0 Å². The van der Waals surface area contributed by atoms with Crippen LogP contribution in [0.25, 0.3) is 10.8 Å². The van der Waals surface area contributed by atoms with E-state index < -0.39 is 6.10 Å². The van der Waals surface area contributed by atoms with Gasteiger partial charge in [-0.3, -0.25) is 4.79 Å². The fourth-order valence-electron chi connectivity index (χ4n) is 4.11. The Hall–Kier alpha value is -3.86. The summed E-state index contributed by atoms with van der Waals surface area (Å²) in [5.74, 6) is 1.33. The monoisotopic (exact) mass is 409 g/mol. The second kappa shape index (κ2) is 8.11. The van der Waals surface area contributed by atoms with Crippen molar-refractivity contribution in [2.75, 3.05) is 11.4 Å². The number of amides is 1. The van der Waals surface area contributed by atoms with Gasteiger partial charge in [-0.1, -0.05) is 60.7 Å². The molecule has 1 N–H and O–H groups in total. The maximum Gasteiger partial charge on any atom is 0.263 e. The van der Waals surface area contributed by atoms with Gasteiger partial charge in [-0.2, -0.15) is 0 Å². The van der Waals surface area contributed by atoms with Crippen LogP contribution in [0.2, 0.25) is 0 Å². The lowest BCUT2D eigenvalue weighted by atomic mass is 9.99. The molecule has 0 bridgehead atoms. The number of rotatable bonds is 4. The summed E-state index contributed by atoms with van der Waals surface area (Å²) in [5, 5.41) is 5.45. The number of nitrogens with zero attached hydrogens (tertiary/aromatic N) is 2. The number of carbonyl (C=O) groups is 1. The Morgan fingerprint density at radius 3 is 2.65 bits per heavy atom. The highest BCUT2D eigenvalue weighted by molar-refractivity contribution is 5.88. The molecule has 5 nitrogen and oxygen atoms in total. The van der Waals surface area contributed by atoms with Gasteiger partial charge in [-0.25, -0.2) is 4.98 Å². The first-order valence-electron chi connectivity index (χ1n) is 10.4. The molecule has 5 rings (SSSR count). The van der Waals surface area contributed by atoms with E-state index in [-0.39, 0.29) is 11.9 Å². The number of anilines is 2. The Morgan fingerprint density at radius 1 is 1.00 bits per heavy atom. The maximum absolute atomic E-state index is 13.2. The topological polar surface area (TPSA) is 54.5 Å². The van der Waals surface area contributed by atoms with E-state index in [4.69, 9.17) is 4.74 Å². The lowest BCUT2D eigenvalue weighted by Crippen LogP contribution is -2.48. The minimum Gasteiger partial charge on any atom is -0.477 e. The van der Waals surface area contributed by atoms with Gasteiger partial charge < -0.3 is 15.0 Å². The molecule has 1 aliphatic heterocycles. The van der Waals surface area contributed by atoms with Gasteiger partial charge in [0, 0.05) is 6.20 Å². The van der Waals surface area contributed by atoms with Crippen molar-refractivity contribution in [3.8, 4) is 5.75 Å². The molecule has 2 heterocycles. The number of nitrogens with one attached hydrogen (secondary N) is 1. The SMILES string of the molecule is CC(NC(=O)C1CN(c2ccccn2)c2ccccc2O1)c1cccc2ccccc12. The van der Waals surface area contributed by atoms with E-state index in [1.54, 1.807) is 6.20 Å². The summed E-state index contributed by atoms with van der Waals surface area (Å²) < 4.78 is 6.09. The van der Waals surface area contributed by atoms with Gasteiger partial charge in [0.05, 0.1) is 18.3 Å². The molecule has 4 aromatic rings. The molecular weight excluding hydrogens is 386 g/mol. The predicted octanol–water partition coefficient (Wildman–Crippen LogP) is 5.01. The molecule has 0 saturated carbocycles. The average molecular weight is 409 g/mol. The smallest absolute Gasteiger partial charge is 0.263 e. The van der Waals surface area contributed by atoms with Crippen LogP contribution >= 0.6 is 0 Å². The van der Waals surface area contributed by atoms with Crippen LogP contribution in [-0.2, 0) is 4.79 Å². The van der Waals surface area contributed by atoms with Crippen LogP contribution in [0.3, 0.4) is 0 Å². The third-order valence-electron chi connectivity index (χ3n) is 5.64. The Labute approximate surface area is 181 Å². The lowest BCUT2D eigenvalue weighted by Gasteiger charge is -2.35. The highest BCUT2D eigenvalue weighted by Crippen LogP contribution is 2.37. The van der Waals surface area contributed by atoms with Crippen molar-refractivity contribution in [3.63, 3.8) is 0 Å². The van der Waals surface area contributed by atoms with Crippen LogP contribution in [0, 0.1) is 0 Å². The second-order valence-electron chi connectivity index (χ2n) is 7.67. The number of fused-ring (bicyclic) bond motifs is 2. The van der Waals surface area contributed by atoms with E-state index in [1.165, 1.54) is 0 Å². The van der Waals surface area contributed by atoms with Crippen LogP contribution < -0.4 is 15.0 Å². The third kappa shape index (κ3) is 3.70. The van der Waals surface area contributed by atoms with Gasteiger partial charge in [-0.05, 0) is 47.5 Å². The summed E-state index contributed by atoms with van der Waals surface area (Å²) in [6, 6.07) is 27.7. The fourth-order valence-corrected chi connectivity index (χ4v) is 4.11. The van der Waals surface area contributed by atoms with Gasteiger partial charge in [-0.15, -0.1) is 0 Å². The molecule has 0 radical (unpaired) electrons. The van der Waals surface area contributed by atoms with Crippen molar-refractivity contribution in [2.24, 2.45) is 0 Å². The molecule has 2 unspecified atom stereocenters. The van der Waals surface area contributed by atoms with Crippen molar-refractivity contribution in [2.45, 2.75) is 19.1 Å². The number of hydrogen-bond acceptors (Lipinski definition) is 4. The Kier molecular flexibility index (Phi) is 5.00. The Balaban J connectivity index is 1.40. The normalized spacial score (nSPS) is 16.3. The highest BCUT2D eigenvalue weighted by Gasteiger charge is 2.32. The standard InChI is InChI=1S/C26H23N3O2/c1-18(20-12-8-10-19-9-2-3-11-21(19)20)28-26(30)24-17-29(25-15-6-7-16-27-25)22-13-4-5-14-23(22)31-24/h2-16,18,24H,17H2,1H3,(H,28,30). The van der Waals surface area contributed by atoms with Gasteiger partial charge >= 0.3 is 0 Å². The molecule has 0 saturated heterocycles. The molecule has 5 heteroatoms. The van der Waals surface area contributed by atoms with E-state index in [0.717, 1.165) is 27.8 Å². The Morgan fingerprint density at radius 2 is 1.77 bits per heavy atom. The summed E-state index contributed by atoms with van der Waals surface area (Å²) in [5.41, 5.74) is 2.00. The van der Waals surface area contributed by atoms with E-state index in [0.29, 0.717) is 12.3 Å². The van der Waals surface area contributed by atoms with E-state index >= 15 is 0 Å². The first-order valence-corrected chi connectivity index (χ1v) is 10.4. The number of ether oxygens (including phenoxy) is 1. The summed E-state index contributed by atoms with van der Waals surface area (Å²) in [6.45, 7) is 2.40. The van der Waals surface area contributed by atoms with Crippen LogP contribution in [0.5, 0.6) is 5.75 Å². The van der Waals surface area contributed by atoms with E-state index in [1.807, 2.05) is 72.5 Å². The third-order valence-corrected chi connectivity index (χ3v) is 5.64. The van der Waals surface area contributed by atoms with Gasteiger partial charge in [0.2, 0.25) is 0 Å². The number of benzene rings is 3. The summed E-state index contributed by atoms with van der Waals surface area (Å²) in [4.78, 5) is 19.7. The van der Waals surface area contributed by atoms with Crippen LogP contribution in [-0.4, -0.2) is 23.5 Å². The molecule has 1 aliphatic rings. The highest BCUT2D eigenvalue weighted by atomic mass is 16.5. The van der Waals surface area contributed by atoms with Crippen molar-refractivity contribution in [3.05, 3.63) is 96.7 Å². The molecule has 1 amide bonds. The number of para-hydroxylation sites is 2. The fraction of sp³-hybridized carbons (Fsp3) is 0.154. The average Bonchev–Trinajstić information content (AvgIpc) is 2.83. The van der Waals surface area contributed by atoms with Gasteiger partial charge in [0.25, 0.3) is 5.91 Å². The number of carbonyl (C=O) groups excluding carboxylic acids is 1. The molecule has 31 heavy (non-hydrogen) atoms. The van der Waals surface area contributed by atoms with E-state index in [2.05, 4.69) is 34.6 Å². The largest absolute Gasteiger partial charge is 0.477 e. The zero-order valence-electron chi connectivity index (χ0n) is 17.2. The molecule has 0 spiro atoms. The van der Waals surface area contributed by atoms with Crippen molar-refractivity contribution >= 4 is 28.2 Å². The molecular formula is C26H23N3O2. The first-order chi connectivity index (χ1) is 15.2. The first kappa shape index (κ1) is 19.1. The lowest BCUT2D eigenvalue weighted by molar-refractivity contribution is -0.128. The van der Waals surface area contributed by atoms with Crippen LogP contribution in [0.4, 0.5) is 11.5 Å². The zero-order chi connectivity index (χ0) is 21.2. The van der Waals surface area contributed by atoms with Gasteiger partial charge in [0.15, 0.2) is 6.10 Å².